The van der Waals surface area contributed by atoms with Crippen LogP contribution in [0, 0.1) is 11.3 Å². The number of halogens is 2. The van der Waals surface area contributed by atoms with E-state index in [0.29, 0.717) is 18.7 Å². The summed E-state index contributed by atoms with van der Waals surface area (Å²) in [6, 6.07) is 8.01. The molecule has 1 aromatic carbocycles. The topological polar surface area (TPSA) is 75.3 Å². The molecule has 0 bridgehead atoms. The molecule has 6 nitrogen and oxygen atoms in total. The van der Waals surface area contributed by atoms with Gasteiger partial charge in [0.2, 0.25) is 0 Å². The summed E-state index contributed by atoms with van der Waals surface area (Å²) in [6.45, 7) is -1.82. The summed E-state index contributed by atoms with van der Waals surface area (Å²) in [7, 11) is 1.47. The van der Waals surface area contributed by atoms with Crippen LogP contribution >= 0.6 is 11.3 Å². The van der Waals surface area contributed by atoms with Crippen molar-refractivity contribution in [3.63, 3.8) is 0 Å². The summed E-state index contributed by atoms with van der Waals surface area (Å²) in [5, 5.41) is 9.51. The Hall–Kier alpha value is -2.99. The first kappa shape index (κ1) is 19.8. The number of benzene rings is 1. The molecular formula is C19H17F2N3O3S. The van der Waals surface area contributed by atoms with E-state index in [-0.39, 0.29) is 20.5 Å². The number of likely N-dealkylation sites (tertiary alicyclic amines) is 1. The van der Waals surface area contributed by atoms with Gasteiger partial charge < -0.3 is 14.2 Å². The molecule has 1 aromatic heterocycles. The van der Waals surface area contributed by atoms with E-state index in [0.717, 1.165) is 24.2 Å². The maximum Gasteiger partial charge on any atom is 0.387 e. The number of nitriles is 1. The molecule has 3 rings (SSSR count). The van der Waals surface area contributed by atoms with Crippen LogP contribution in [-0.4, -0.2) is 35.1 Å². The smallest absolute Gasteiger partial charge is 0.387 e. The molecule has 1 saturated heterocycles. The van der Waals surface area contributed by atoms with Crippen LogP contribution in [0.1, 0.15) is 18.4 Å². The van der Waals surface area contributed by atoms with Crippen molar-refractivity contribution in [2.75, 3.05) is 13.1 Å². The number of aromatic nitrogens is 1. The van der Waals surface area contributed by atoms with E-state index in [1.807, 2.05) is 6.07 Å². The molecule has 0 saturated carbocycles. The molecule has 28 heavy (non-hydrogen) atoms. The lowest BCUT2D eigenvalue weighted by atomic mass is 10.2. The van der Waals surface area contributed by atoms with Crippen LogP contribution in [0.5, 0.6) is 5.75 Å². The third kappa shape index (κ3) is 3.97. The zero-order valence-electron chi connectivity index (χ0n) is 15.0. The normalized spacial score (nSPS) is 15.7. The van der Waals surface area contributed by atoms with Gasteiger partial charge in [-0.2, -0.15) is 14.0 Å². The highest BCUT2D eigenvalue weighted by atomic mass is 32.1. The number of hydrogen-bond donors (Lipinski definition) is 0. The van der Waals surface area contributed by atoms with Crippen molar-refractivity contribution in [1.82, 2.24) is 9.47 Å². The molecule has 9 heteroatoms. The molecule has 2 heterocycles. The van der Waals surface area contributed by atoms with Crippen LogP contribution in [0.3, 0.4) is 0 Å². The number of amides is 1. The van der Waals surface area contributed by atoms with Gasteiger partial charge in [0.15, 0.2) is 5.57 Å². The van der Waals surface area contributed by atoms with Crippen molar-refractivity contribution in [2.24, 2.45) is 7.05 Å². The molecule has 146 valence electrons. The number of rotatable bonds is 4. The summed E-state index contributed by atoms with van der Waals surface area (Å²) in [5.74, 6) is -0.461. The minimum Gasteiger partial charge on any atom is -0.434 e. The molecule has 1 aliphatic rings. The zero-order valence-corrected chi connectivity index (χ0v) is 15.8. The summed E-state index contributed by atoms with van der Waals surface area (Å²) in [4.78, 5) is 26.8. The van der Waals surface area contributed by atoms with Crippen molar-refractivity contribution in [2.45, 2.75) is 19.5 Å². The maximum atomic E-state index is 12.6. The zero-order chi connectivity index (χ0) is 20.3. The second-order valence-corrected chi connectivity index (χ2v) is 7.21. The Kier molecular flexibility index (Phi) is 5.90. The largest absolute Gasteiger partial charge is 0.434 e. The Bertz CT molecular complexity index is 1110. The number of thiazole rings is 1. The van der Waals surface area contributed by atoms with Crippen molar-refractivity contribution in [1.29, 1.82) is 5.26 Å². The van der Waals surface area contributed by atoms with Gasteiger partial charge in [-0.3, -0.25) is 9.59 Å². The molecule has 0 N–H and O–H groups in total. The van der Waals surface area contributed by atoms with Crippen molar-refractivity contribution < 1.29 is 18.3 Å². The number of nitrogens with zero attached hydrogens (tertiary/aromatic N) is 3. The Morgan fingerprint density at radius 3 is 2.64 bits per heavy atom. The third-order valence-corrected chi connectivity index (χ3v) is 5.56. The predicted octanol–water partition coefficient (Wildman–Crippen LogP) is 1.17. The Morgan fingerprint density at radius 1 is 1.32 bits per heavy atom. The summed E-state index contributed by atoms with van der Waals surface area (Å²) in [6.07, 6.45) is 3.19. The molecule has 1 aliphatic heterocycles. The van der Waals surface area contributed by atoms with Gasteiger partial charge in [0.1, 0.15) is 16.5 Å². The number of hydrogen-bond acceptors (Lipinski definition) is 5. The molecular weight excluding hydrogens is 388 g/mol. The predicted molar refractivity (Wildman–Crippen MR) is 100 cm³/mol. The molecule has 0 aliphatic carbocycles. The van der Waals surface area contributed by atoms with Gasteiger partial charge in [-0.15, -0.1) is 11.3 Å². The molecule has 0 unspecified atom stereocenters. The van der Waals surface area contributed by atoms with E-state index in [9.17, 15) is 23.6 Å². The Labute approximate surface area is 163 Å². The molecule has 1 fully saturated rings. The van der Waals surface area contributed by atoms with Gasteiger partial charge in [0, 0.05) is 25.7 Å². The fourth-order valence-electron chi connectivity index (χ4n) is 2.99. The van der Waals surface area contributed by atoms with Crippen molar-refractivity contribution in [3.8, 4) is 11.8 Å². The van der Waals surface area contributed by atoms with Crippen molar-refractivity contribution >= 4 is 28.9 Å². The van der Waals surface area contributed by atoms with Gasteiger partial charge in [-0.25, -0.2) is 0 Å². The van der Waals surface area contributed by atoms with Gasteiger partial charge in [-0.1, -0.05) is 18.2 Å². The average molecular weight is 405 g/mol. The highest BCUT2D eigenvalue weighted by molar-refractivity contribution is 7.07. The van der Waals surface area contributed by atoms with Gasteiger partial charge >= 0.3 is 6.61 Å². The molecule has 0 atom stereocenters. The van der Waals surface area contributed by atoms with E-state index in [2.05, 4.69) is 4.74 Å². The third-order valence-electron chi connectivity index (χ3n) is 4.38. The number of para-hydroxylation sites is 1. The lowest BCUT2D eigenvalue weighted by molar-refractivity contribution is -0.123. The summed E-state index contributed by atoms with van der Waals surface area (Å²) in [5.41, 5.74) is -0.213. The van der Waals surface area contributed by atoms with Crippen LogP contribution in [-0.2, 0) is 11.8 Å². The van der Waals surface area contributed by atoms with Crippen LogP contribution < -0.4 is 19.5 Å². The number of ether oxygens (including phenoxy) is 1. The fraction of sp³-hybridized carbons (Fsp3) is 0.316. The van der Waals surface area contributed by atoms with Crippen LogP contribution in [0.25, 0.3) is 11.6 Å². The standard InChI is InChI=1S/C19H17F2N3O3S/c1-23-17(26)15(10-12-6-2-3-7-14(12)27-19(20)21)28-18(23)13(11-22)16(25)24-8-4-5-9-24/h2-3,6-7,10,19H,4-5,8-9H2,1H3/b15-10+,18-13-. The maximum absolute atomic E-state index is 12.6. The number of carbonyl (C=O) groups is 1. The summed E-state index contributed by atoms with van der Waals surface area (Å²) < 4.78 is 31.4. The van der Waals surface area contributed by atoms with Crippen molar-refractivity contribution in [3.05, 3.63) is 49.4 Å². The number of alkyl halides is 2. The first-order valence-electron chi connectivity index (χ1n) is 8.57. The first-order chi connectivity index (χ1) is 13.4. The van der Waals surface area contributed by atoms with E-state index in [4.69, 9.17) is 0 Å². The molecule has 2 aromatic rings. The number of carbonyl (C=O) groups excluding carboxylic acids is 1. The molecule has 0 radical (unpaired) electrons. The first-order valence-corrected chi connectivity index (χ1v) is 9.39. The minimum atomic E-state index is -2.99. The second kappa shape index (κ2) is 8.35. The van der Waals surface area contributed by atoms with E-state index >= 15 is 0 Å². The van der Waals surface area contributed by atoms with Crippen LogP contribution in [0.15, 0.2) is 29.1 Å². The lowest BCUT2D eigenvalue weighted by Gasteiger charge is -2.13. The second-order valence-electron chi connectivity index (χ2n) is 6.18. The Morgan fingerprint density at radius 2 is 2.00 bits per heavy atom. The Balaban J connectivity index is 2.14. The fourth-order valence-corrected chi connectivity index (χ4v) is 4.07. The van der Waals surface area contributed by atoms with Gasteiger partial charge in [-0.05, 0) is 25.0 Å². The monoisotopic (exact) mass is 405 g/mol. The van der Waals surface area contributed by atoms with E-state index in [1.54, 1.807) is 23.1 Å². The quantitative estimate of drug-likeness (QED) is 0.766. The lowest BCUT2D eigenvalue weighted by Crippen LogP contribution is -2.34. The molecule has 1 amide bonds. The average Bonchev–Trinajstić information content (AvgIpc) is 3.29. The highest BCUT2D eigenvalue weighted by Gasteiger charge is 2.23. The molecule has 0 spiro atoms. The van der Waals surface area contributed by atoms with Gasteiger partial charge in [0.05, 0.1) is 4.53 Å². The van der Waals surface area contributed by atoms with E-state index in [1.165, 1.54) is 23.8 Å². The minimum absolute atomic E-state index is 0.0628. The van der Waals surface area contributed by atoms with Crippen LogP contribution in [0.4, 0.5) is 8.78 Å². The van der Waals surface area contributed by atoms with Crippen LogP contribution in [0.2, 0.25) is 0 Å². The van der Waals surface area contributed by atoms with Gasteiger partial charge in [0.25, 0.3) is 11.5 Å². The summed E-state index contributed by atoms with van der Waals surface area (Å²) >= 11 is 0.973. The SMILES string of the molecule is Cn1c(=O)/c(=C\c2ccccc2OC(F)F)s/c1=C(/C#N)C(=O)N1CCCC1. The highest BCUT2D eigenvalue weighted by Crippen LogP contribution is 2.20. The van der Waals surface area contributed by atoms with E-state index < -0.39 is 18.1 Å².